The van der Waals surface area contributed by atoms with Crippen molar-refractivity contribution in [2.24, 2.45) is 38.8 Å². The molecule has 1 aliphatic heterocycles. The Kier molecular flexibility index (Phi) is 26.2. The number of hydrogen-bond donors (Lipinski definition) is 17. The number of nitrogens with zero attached hydrogens (tertiary/aromatic N) is 2. The Bertz CT molecular complexity index is 1860. The van der Waals surface area contributed by atoms with Crippen molar-refractivity contribution in [2.45, 2.75) is 114 Å². The summed E-state index contributed by atoms with van der Waals surface area (Å²) in [6.07, 6.45) is -2.19. The number of amides is 9. The van der Waals surface area contributed by atoms with E-state index >= 15 is 0 Å². The second-order valence-corrected chi connectivity index (χ2v) is 16.3. The summed E-state index contributed by atoms with van der Waals surface area (Å²) < 4.78 is 0. The molecule has 376 valence electrons. The molecule has 30 heteroatoms. The van der Waals surface area contributed by atoms with Crippen molar-refractivity contribution >= 4 is 102 Å². The molecule has 0 aromatic rings. The first kappa shape index (κ1) is 58.6. The van der Waals surface area contributed by atoms with Crippen molar-refractivity contribution in [1.29, 1.82) is 0 Å². The smallest absolute Gasteiger partial charge is 0.305 e. The van der Waals surface area contributed by atoms with Crippen LogP contribution in [0.3, 0.4) is 0 Å². The van der Waals surface area contributed by atoms with Crippen LogP contribution in [0.5, 0.6) is 0 Å². The highest BCUT2D eigenvalue weighted by Crippen LogP contribution is 2.09. The van der Waals surface area contributed by atoms with Gasteiger partial charge in [-0.3, -0.25) is 73.4 Å². The summed E-state index contributed by atoms with van der Waals surface area (Å²) in [5, 5.41) is 40.1. The van der Waals surface area contributed by atoms with Gasteiger partial charge in [0.05, 0.1) is 31.5 Å². The standard InChI is InChI=1S/C37H63N15O13S2/c1-16(2)10-20-31(61)51-24(15-67)35(65)52-34(64)23(14-66)46-19(7-5-9-43-37(40)41)30(60)45-17(3)28(58)48-18(6-4-8-42-36(38)39)29(59)44-13-25(53)47-21(11-26(54)55)32(62)50-22(12-27(56)57)33(63)49-20/h16-24,46,66-67H,4-15H2,1-3H3,(H,44,59)(H,45,60)(H,47,53)(H,48,58)(H,49,63)(H,50,62)(H,51,61)(H,54,55)(H,56,57)(H4,38,39,42)(H4,40,41,43)(H,52,64,65)/t17-,18-,19-,20-,21-,22-,23+,24+/m0/s1. The van der Waals surface area contributed by atoms with Crippen LogP contribution >= 0.6 is 25.3 Å². The Labute approximate surface area is 396 Å². The maximum absolute atomic E-state index is 13.7. The number of hydrogen-bond acceptors (Lipinski definition) is 16. The molecule has 0 aromatic carbocycles. The van der Waals surface area contributed by atoms with Crippen LogP contribution in [0.25, 0.3) is 0 Å². The van der Waals surface area contributed by atoms with Gasteiger partial charge in [-0.1, -0.05) is 13.8 Å². The lowest BCUT2D eigenvalue weighted by molar-refractivity contribution is -0.143. The predicted molar refractivity (Wildman–Crippen MR) is 246 cm³/mol. The van der Waals surface area contributed by atoms with Crippen molar-refractivity contribution in [3.63, 3.8) is 0 Å². The number of thiol groups is 2. The topological polar surface area (TPSA) is 465 Å². The van der Waals surface area contributed by atoms with E-state index in [4.69, 9.17) is 22.9 Å². The number of carboxylic acid groups (broad SMARTS) is 2. The van der Waals surface area contributed by atoms with Gasteiger partial charge in [0.15, 0.2) is 11.9 Å². The molecule has 1 rings (SSSR count). The number of rotatable bonds is 16. The van der Waals surface area contributed by atoms with Gasteiger partial charge in [0.25, 0.3) is 0 Å². The Morgan fingerprint density at radius 1 is 0.582 bits per heavy atom. The lowest BCUT2D eigenvalue weighted by atomic mass is 10.0. The zero-order chi connectivity index (χ0) is 51.0. The summed E-state index contributed by atoms with van der Waals surface area (Å²) in [5.41, 5.74) is 21.6. The predicted octanol–water partition coefficient (Wildman–Crippen LogP) is -7.02. The molecule has 0 radical (unpaired) electrons. The van der Waals surface area contributed by atoms with E-state index in [1.165, 1.54) is 6.92 Å². The molecule has 8 atom stereocenters. The van der Waals surface area contributed by atoms with Gasteiger partial charge in [-0.25, -0.2) is 0 Å². The molecule has 1 fully saturated rings. The minimum absolute atomic E-state index is 0.000813. The molecule has 0 unspecified atom stereocenters. The summed E-state index contributed by atoms with van der Waals surface area (Å²) >= 11 is 8.34. The summed E-state index contributed by atoms with van der Waals surface area (Å²) in [6.45, 7) is 3.76. The van der Waals surface area contributed by atoms with Crippen LogP contribution in [0.4, 0.5) is 0 Å². The number of nitrogens with two attached hydrogens (primary N) is 4. The lowest BCUT2D eigenvalue weighted by Crippen LogP contribution is -2.61. The number of guanidine groups is 2. The minimum atomic E-state index is -1.96. The molecular formula is C37H63N15O13S2. The van der Waals surface area contributed by atoms with Crippen molar-refractivity contribution in [2.75, 3.05) is 31.1 Å². The second kappa shape index (κ2) is 30.0. The Hall–Kier alpha value is -6.43. The zero-order valence-electron chi connectivity index (χ0n) is 37.2. The Balaban J connectivity index is 3.80. The van der Waals surface area contributed by atoms with Gasteiger partial charge < -0.3 is 70.4 Å². The van der Waals surface area contributed by atoms with E-state index in [-0.39, 0.29) is 68.8 Å². The molecule has 0 saturated carbocycles. The second-order valence-electron chi connectivity index (χ2n) is 15.5. The quantitative estimate of drug-likeness (QED) is 0.0225. The van der Waals surface area contributed by atoms with Gasteiger partial charge in [0.1, 0.15) is 36.3 Å². The highest BCUT2D eigenvalue weighted by molar-refractivity contribution is 7.80. The van der Waals surface area contributed by atoms with E-state index in [1.807, 2.05) is 0 Å². The molecule has 1 saturated heterocycles. The van der Waals surface area contributed by atoms with Crippen LogP contribution < -0.4 is 70.8 Å². The van der Waals surface area contributed by atoms with Crippen molar-refractivity contribution < 1.29 is 63.0 Å². The van der Waals surface area contributed by atoms with Crippen LogP contribution in [-0.4, -0.2) is 167 Å². The number of imide groups is 1. The van der Waals surface area contributed by atoms with Crippen LogP contribution in [0, 0.1) is 5.92 Å². The van der Waals surface area contributed by atoms with Crippen LogP contribution in [0.1, 0.15) is 65.7 Å². The Morgan fingerprint density at radius 3 is 1.51 bits per heavy atom. The molecule has 0 aromatic heterocycles. The van der Waals surface area contributed by atoms with Gasteiger partial charge in [0.2, 0.25) is 53.2 Å². The normalized spacial score (nSPS) is 24.8. The monoisotopic (exact) mass is 989 g/mol. The van der Waals surface area contributed by atoms with E-state index in [0.717, 1.165) is 0 Å². The minimum Gasteiger partial charge on any atom is -0.481 e. The largest absolute Gasteiger partial charge is 0.481 e. The van der Waals surface area contributed by atoms with Crippen LogP contribution in [0.15, 0.2) is 9.98 Å². The molecule has 67 heavy (non-hydrogen) atoms. The SMILES string of the molecule is CC(C)C[C@@H]1NC(=O)[C@H](CC(=O)O)NC(=O)[C@H](CC(=O)O)NC(=O)CNC(=O)[C@H](CCCN=C(N)N)NC(=O)[C@H](C)NC(=O)[C@H](CCCN=C(N)N)N[C@H](CS)C(=O)NC(=O)[C@@H](CS)NC1=O. The highest BCUT2D eigenvalue weighted by Gasteiger charge is 2.35. The summed E-state index contributed by atoms with van der Waals surface area (Å²) in [7, 11) is 0. The van der Waals surface area contributed by atoms with Gasteiger partial charge in [0, 0.05) is 24.6 Å². The fraction of sp³-hybridized carbons (Fsp3) is 0.649. The number of carbonyl (C=O) groups excluding carboxylic acids is 9. The number of carboxylic acids is 2. The summed E-state index contributed by atoms with van der Waals surface area (Å²) in [6, 6.07) is -12.3. The molecule has 0 aliphatic carbocycles. The summed E-state index contributed by atoms with van der Waals surface area (Å²) in [5.74, 6) is -14.2. The number of aliphatic carboxylic acids is 2. The average molecular weight is 990 g/mol. The highest BCUT2D eigenvalue weighted by atomic mass is 32.1. The lowest BCUT2D eigenvalue weighted by Gasteiger charge is -2.27. The molecule has 1 heterocycles. The molecular weight excluding hydrogens is 927 g/mol. The van der Waals surface area contributed by atoms with Gasteiger partial charge in [-0.15, -0.1) is 0 Å². The van der Waals surface area contributed by atoms with Gasteiger partial charge in [-0.05, 0) is 44.9 Å². The van der Waals surface area contributed by atoms with E-state index in [1.54, 1.807) is 13.8 Å². The first-order valence-corrected chi connectivity index (χ1v) is 22.1. The van der Waals surface area contributed by atoms with E-state index < -0.39 is 139 Å². The number of nitrogens with one attached hydrogen (secondary N) is 9. The van der Waals surface area contributed by atoms with Crippen LogP contribution in [-0.2, 0) is 52.7 Å². The van der Waals surface area contributed by atoms with Crippen molar-refractivity contribution in [3.05, 3.63) is 0 Å². The Morgan fingerprint density at radius 2 is 1.01 bits per heavy atom. The van der Waals surface area contributed by atoms with Crippen molar-refractivity contribution in [1.82, 2.24) is 47.9 Å². The fourth-order valence-corrected chi connectivity index (χ4v) is 6.54. The van der Waals surface area contributed by atoms with E-state index in [0.29, 0.717) is 0 Å². The van der Waals surface area contributed by atoms with Crippen LogP contribution in [0.2, 0.25) is 0 Å². The maximum atomic E-state index is 13.7. The first-order valence-electron chi connectivity index (χ1n) is 20.8. The fourth-order valence-electron chi connectivity index (χ4n) is 6.01. The average Bonchev–Trinajstić information content (AvgIpc) is 3.23. The van der Waals surface area contributed by atoms with Gasteiger partial charge in [-0.2, -0.15) is 25.3 Å². The molecule has 19 N–H and O–H groups in total. The maximum Gasteiger partial charge on any atom is 0.305 e. The third-order valence-electron chi connectivity index (χ3n) is 9.36. The van der Waals surface area contributed by atoms with E-state index in [2.05, 4.69) is 83.1 Å². The third kappa shape index (κ3) is 23.0. The first-order chi connectivity index (χ1) is 31.4. The molecule has 9 amide bonds. The molecule has 1 aliphatic rings. The number of aliphatic imine (C=N–C) groups is 2. The van der Waals surface area contributed by atoms with E-state index in [9.17, 15) is 63.0 Å². The number of carbonyl (C=O) groups is 11. The third-order valence-corrected chi connectivity index (χ3v) is 10.1. The molecule has 28 nitrogen and oxygen atoms in total. The van der Waals surface area contributed by atoms with Crippen molar-refractivity contribution in [3.8, 4) is 0 Å². The summed E-state index contributed by atoms with van der Waals surface area (Å²) in [4.78, 5) is 152. The molecule has 0 bridgehead atoms. The zero-order valence-corrected chi connectivity index (χ0v) is 39.0. The van der Waals surface area contributed by atoms with Gasteiger partial charge >= 0.3 is 11.9 Å². The molecule has 0 spiro atoms.